The molecular weight excluding hydrogens is 230 g/mol. The molecule has 1 aromatic carbocycles. The van der Waals surface area contributed by atoms with Crippen molar-refractivity contribution in [2.24, 2.45) is 5.73 Å². The van der Waals surface area contributed by atoms with E-state index >= 15 is 0 Å². The molecule has 5 heteroatoms. The van der Waals surface area contributed by atoms with Crippen LogP contribution >= 0.6 is 0 Å². The standard InChI is InChI=1S/C13H13N3O2/c14-12(13(17)18)5-9-1-3-10(4-2-9)11-6-15-8-16-7-11/h1-4,6-8,12H,5,14H2,(H,17,18)/t12-/m1/s1. The first kappa shape index (κ1) is 12.2. The Balaban J connectivity index is 2.13. The monoisotopic (exact) mass is 243 g/mol. The average Bonchev–Trinajstić information content (AvgIpc) is 2.40. The van der Waals surface area contributed by atoms with E-state index in [4.69, 9.17) is 10.8 Å². The van der Waals surface area contributed by atoms with Gasteiger partial charge in [-0.2, -0.15) is 0 Å². The van der Waals surface area contributed by atoms with Crippen LogP contribution in [0.5, 0.6) is 0 Å². The summed E-state index contributed by atoms with van der Waals surface area (Å²) in [7, 11) is 0. The van der Waals surface area contributed by atoms with E-state index in [-0.39, 0.29) is 0 Å². The Hall–Kier alpha value is -2.27. The number of hydrogen-bond donors (Lipinski definition) is 2. The lowest BCUT2D eigenvalue weighted by Gasteiger charge is -2.07. The van der Waals surface area contributed by atoms with Gasteiger partial charge < -0.3 is 10.8 Å². The summed E-state index contributed by atoms with van der Waals surface area (Å²) in [5.41, 5.74) is 8.28. The predicted molar refractivity (Wildman–Crippen MR) is 66.8 cm³/mol. The highest BCUT2D eigenvalue weighted by Crippen LogP contribution is 2.18. The first-order valence-corrected chi connectivity index (χ1v) is 5.49. The largest absolute Gasteiger partial charge is 0.480 e. The summed E-state index contributed by atoms with van der Waals surface area (Å²) >= 11 is 0. The number of aromatic nitrogens is 2. The lowest BCUT2D eigenvalue weighted by Crippen LogP contribution is -2.32. The minimum atomic E-state index is -0.990. The third-order valence-electron chi connectivity index (χ3n) is 2.62. The molecule has 1 aromatic heterocycles. The van der Waals surface area contributed by atoms with Crippen LogP contribution in [-0.4, -0.2) is 27.1 Å². The fourth-order valence-corrected chi connectivity index (χ4v) is 1.62. The Morgan fingerprint density at radius 1 is 1.17 bits per heavy atom. The second-order valence-electron chi connectivity index (χ2n) is 3.97. The first-order valence-electron chi connectivity index (χ1n) is 5.49. The number of benzene rings is 1. The van der Waals surface area contributed by atoms with E-state index in [0.29, 0.717) is 6.42 Å². The smallest absolute Gasteiger partial charge is 0.320 e. The van der Waals surface area contributed by atoms with Gasteiger partial charge in [-0.3, -0.25) is 4.79 Å². The molecule has 0 aliphatic heterocycles. The Kier molecular flexibility index (Phi) is 3.64. The van der Waals surface area contributed by atoms with Crippen molar-refractivity contribution in [2.75, 3.05) is 0 Å². The van der Waals surface area contributed by atoms with Gasteiger partial charge in [-0.1, -0.05) is 24.3 Å². The van der Waals surface area contributed by atoms with Crippen molar-refractivity contribution in [1.29, 1.82) is 0 Å². The molecule has 92 valence electrons. The lowest BCUT2D eigenvalue weighted by atomic mass is 10.0. The van der Waals surface area contributed by atoms with E-state index in [0.717, 1.165) is 16.7 Å². The Morgan fingerprint density at radius 3 is 2.33 bits per heavy atom. The van der Waals surface area contributed by atoms with E-state index < -0.39 is 12.0 Å². The number of aliphatic carboxylic acids is 1. The quantitative estimate of drug-likeness (QED) is 0.839. The maximum atomic E-state index is 10.7. The van der Waals surface area contributed by atoms with Gasteiger partial charge in [-0.05, 0) is 17.5 Å². The second kappa shape index (κ2) is 5.37. The number of nitrogens with zero attached hydrogens (tertiary/aromatic N) is 2. The van der Waals surface area contributed by atoms with Gasteiger partial charge in [-0.25, -0.2) is 9.97 Å². The predicted octanol–water partition coefficient (Wildman–Crippen LogP) is 1.10. The zero-order valence-corrected chi connectivity index (χ0v) is 9.65. The molecule has 0 aliphatic rings. The molecule has 0 amide bonds. The topological polar surface area (TPSA) is 89.1 Å². The number of carbonyl (C=O) groups is 1. The number of rotatable bonds is 4. The minimum Gasteiger partial charge on any atom is -0.480 e. The van der Waals surface area contributed by atoms with Crippen LogP contribution in [0.1, 0.15) is 5.56 Å². The van der Waals surface area contributed by atoms with E-state index in [1.807, 2.05) is 24.3 Å². The highest BCUT2D eigenvalue weighted by molar-refractivity contribution is 5.73. The zero-order chi connectivity index (χ0) is 13.0. The molecule has 0 spiro atoms. The van der Waals surface area contributed by atoms with Crippen LogP contribution < -0.4 is 5.73 Å². The van der Waals surface area contributed by atoms with E-state index in [1.165, 1.54) is 6.33 Å². The number of carboxylic acids is 1. The van der Waals surface area contributed by atoms with Crippen molar-refractivity contribution in [3.05, 3.63) is 48.5 Å². The van der Waals surface area contributed by atoms with Gasteiger partial charge in [0, 0.05) is 18.0 Å². The van der Waals surface area contributed by atoms with Crippen LogP contribution in [-0.2, 0) is 11.2 Å². The maximum Gasteiger partial charge on any atom is 0.320 e. The van der Waals surface area contributed by atoms with E-state index in [2.05, 4.69) is 9.97 Å². The molecule has 0 saturated heterocycles. The second-order valence-corrected chi connectivity index (χ2v) is 3.97. The normalized spacial score (nSPS) is 12.1. The number of nitrogens with two attached hydrogens (primary N) is 1. The molecule has 0 radical (unpaired) electrons. The molecule has 18 heavy (non-hydrogen) atoms. The summed E-state index contributed by atoms with van der Waals surface area (Å²) < 4.78 is 0. The third-order valence-corrected chi connectivity index (χ3v) is 2.62. The molecule has 0 saturated carbocycles. The highest BCUT2D eigenvalue weighted by Gasteiger charge is 2.11. The van der Waals surface area contributed by atoms with Crippen LogP contribution in [0.3, 0.4) is 0 Å². The fraction of sp³-hybridized carbons (Fsp3) is 0.154. The fourth-order valence-electron chi connectivity index (χ4n) is 1.62. The first-order chi connectivity index (χ1) is 8.66. The Morgan fingerprint density at radius 2 is 1.78 bits per heavy atom. The summed E-state index contributed by atoms with van der Waals surface area (Å²) in [6, 6.07) is 6.68. The molecule has 2 rings (SSSR count). The average molecular weight is 243 g/mol. The maximum absolute atomic E-state index is 10.7. The summed E-state index contributed by atoms with van der Waals surface area (Å²) in [5, 5.41) is 8.73. The molecule has 3 N–H and O–H groups in total. The molecular formula is C13H13N3O2. The van der Waals surface area contributed by atoms with Crippen molar-refractivity contribution < 1.29 is 9.90 Å². The van der Waals surface area contributed by atoms with Gasteiger partial charge in [0.2, 0.25) is 0 Å². The lowest BCUT2D eigenvalue weighted by molar-refractivity contribution is -0.138. The molecule has 0 aliphatic carbocycles. The summed E-state index contributed by atoms with van der Waals surface area (Å²) in [6.07, 6.45) is 5.25. The van der Waals surface area contributed by atoms with Crippen molar-refractivity contribution in [3.8, 4) is 11.1 Å². The Labute approximate surface area is 104 Å². The summed E-state index contributed by atoms with van der Waals surface area (Å²) in [6.45, 7) is 0. The molecule has 1 atom stereocenters. The number of carboxylic acid groups (broad SMARTS) is 1. The summed E-state index contributed by atoms with van der Waals surface area (Å²) in [4.78, 5) is 18.5. The van der Waals surface area contributed by atoms with Gasteiger partial charge >= 0.3 is 5.97 Å². The summed E-state index contributed by atoms with van der Waals surface area (Å²) in [5.74, 6) is -0.990. The highest BCUT2D eigenvalue weighted by atomic mass is 16.4. The Bertz CT molecular complexity index is 526. The van der Waals surface area contributed by atoms with Crippen LogP contribution in [0.25, 0.3) is 11.1 Å². The molecule has 5 nitrogen and oxygen atoms in total. The van der Waals surface area contributed by atoms with E-state index in [9.17, 15) is 4.79 Å². The van der Waals surface area contributed by atoms with Gasteiger partial charge in [0.1, 0.15) is 12.4 Å². The van der Waals surface area contributed by atoms with Crippen LogP contribution in [0, 0.1) is 0 Å². The molecule has 0 bridgehead atoms. The van der Waals surface area contributed by atoms with Gasteiger partial charge in [-0.15, -0.1) is 0 Å². The van der Waals surface area contributed by atoms with Crippen LogP contribution in [0.15, 0.2) is 43.0 Å². The minimum absolute atomic E-state index is 0.320. The SMILES string of the molecule is N[C@H](Cc1ccc(-c2cncnc2)cc1)C(=O)O. The molecule has 0 fully saturated rings. The number of hydrogen-bond acceptors (Lipinski definition) is 4. The van der Waals surface area contributed by atoms with Crippen molar-refractivity contribution >= 4 is 5.97 Å². The van der Waals surface area contributed by atoms with Crippen molar-refractivity contribution in [3.63, 3.8) is 0 Å². The molecule has 0 unspecified atom stereocenters. The van der Waals surface area contributed by atoms with Crippen molar-refractivity contribution in [2.45, 2.75) is 12.5 Å². The van der Waals surface area contributed by atoms with Crippen LogP contribution in [0.4, 0.5) is 0 Å². The molecule has 1 heterocycles. The van der Waals surface area contributed by atoms with Gasteiger partial charge in [0.25, 0.3) is 0 Å². The van der Waals surface area contributed by atoms with E-state index in [1.54, 1.807) is 12.4 Å². The molecule has 2 aromatic rings. The van der Waals surface area contributed by atoms with Crippen molar-refractivity contribution in [1.82, 2.24) is 9.97 Å². The third kappa shape index (κ3) is 2.89. The van der Waals surface area contributed by atoms with Crippen LogP contribution in [0.2, 0.25) is 0 Å². The van der Waals surface area contributed by atoms with Gasteiger partial charge in [0.05, 0.1) is 0 Å². The van der Waals surface area contributed by atoms with Gasteiger partial charge in [0.15, 0.2) is 0 Å². The zero-order valence-electron chi connectivity index (χ0n) is 9.65.